The molecule has 0 bridgehead atoms. The first-order valence-electron chi connectivity index (χ1n) is 11.8. The largest absolute Gasteiger partial charge is 0.465 e. The summed E-state index contributed by atoms with van der Waals surface area (Å²) in [7, 11) is 0. The van der Waals surface area contributed by atoms with Gasteiger partial charge in [-0.2, -0.15) is 0 Å². The van der Waals surface area contributed by atoms with Crippen LogP contribution in [-0.4, -0.2) is 77.8 Å². The Kier molecular flexibility index (Phi) is 21.1. The van der Waals surface area contributed by atoms with Gasteiger partial charge in [-0.1, -0.05) is 27.7 Å². The number of nitrogens with one attached hydrogen (secondary N) is 2. The molecule has 0 aliphatic carbocycles. The molecule has 8 nitrogen and oxygen atoms in total. The molecular formula is C23H46N2O6. The molecule has 184 valence electrons. The Morgan fingerprint density at radius 1 is 0.613 bits per heavy atom. The van der Waals surface area contributed by atoms with Gasteiger partial charge in [0.2, 0.25) is 0 Å². The van der Waals surface area contributed by atoms with Gasteiger partial charge in [-0.05, 0) is 44.2 Å². The summed E-state index contributed by atoms with van der Waals surface area (Å²) in [5, 5.41) is 6.55. The van der Waals surface area contributed by atoms with Crippen LogP contribution in [0, 0.1) is 11.8 Å². The van der Waals surface area contributed by atoms with Gasteiger partial charge in [-0.25, -0.2) is 0 Å². The maximum atomic E-state index is 11.5. The van der Waals surface area contributed by atoms with E-state index >= 15 is 0 Å². The third-order valence-corrected chi connectivity index (χ3v) is 4.09. The number of carbonyl (C=O) groups is 2. The Morgan fingerprint density at radius 3 is 1.55 bits per heavy atom. The Bertz CT molecular complexity index is 394. The van der Waals surface area contributed by atoms with Crippen molar-refractivity contribution in [1.82, 2.24) is 10.6 Å². The van der Waals surface area contributed by atoms with Crippen LogP contribution in [0.3, 0.4) is 0 Å². The predicted octanol–water partition coefficient (Wildman–Crippen LogP) is 2.55. The van der Waals surface area contributed by atoms with Crippen LogP contribution in [0.2, 0.25) is 0 Å². The maximum absolute atomic E-state index is 11.5. The van der Waals surface area contributed by atoms with E-state index in [1.165, 1.54) is 0 Å². The molecule has 0 heterocycles. The summed E-state index contributed by atoms with van der Waals surface area (Å²) in [5.41, 5.74) is 0. The molecule has 8 heteroatoms. The quantitative estimate of drug-likeness (QED) is 0.194. The van der Waals surface area contributed by atoms with E-state index in [4.69, 9.17) is 18.9 Å². The zero-order valence-corrected chi connectivity index (χ0v) is 20.2. The van der Waals surface area contributed by atoms with Crippen molar-refractivity contribution < 1.29 is 28.5 Å². The van der Waals surface area contributed by atoms with E-state index in [2.05, 4.69) is 10.6 Å². The molecule has 0 aromatic heterocycles. The van der Waals surface area contributed by atoms with E-state index in [0.717, 1.165) is 45.4 Å². The second-order valence-corrected chi connectivity index (χ2v) is 8.44. The number of ether oxygens (including phenoxy) is 4. The standard InChI is InChI=1S/C23H46N2O6/c1-20(2)18-30-22(26)8-5-6-10-24-12-14-28-16-17-29-15-13-25-11-7-9-23(27)31-19-21(3)4/h20-21,24-25H,5-19H2,1-4H3. The minimum Gasteiger partial charge on any atom is -0.465 e. The third-order valence-electron chi connectivity index (χ3n) is 4.09. The van der Waals surface area contributed by atoms with E-state index in [9.17, 15) is 9.59 Å². The van der Waals surface area contributed by atoms with E-state index in [1.54, 1.807) is 0 Å². The van der Waals surface area contributed by atoms with Gasteiger partial charge in [0.1, 0.15) is 0 Å². The first-order valence-corrected chi connectivity index (χ1v) is 11.8. The van der Waals surface area contributed by atoms with Gasteiger partial charge in [0.15, 0.2) is 0 Å². The summed E-state index contributed by atoms with van der Waals surface area (Å²) in [6, 6.07) is 0. The van der Waals surface area contributed by atoms with Crippen LogP contribution < -0.4 is 10.6 Å². The Hall–Kier alpha value is -1.22. The van der Waals surface area contributed by atoms with Crippen LogP contribution in [0.4, 0.5) is 0 Å². The fraction of sp³-hybridized carbons (Fsp3) is 0.913. The van der Waals surface area contributed by atoms with Crippen molar-refractivity contribution in [3.05, 3.63) is 0 Å². The van der Waals surface area contributed by atoms with E-state index in [0.29, 0.717) is 64.3 Å². The van der Waals surface area contributed by atoms with Gasteiger partial charge in [-0.3, -0.25) is 9.59 Å². The van der Waals surface area contributed by atoms with Crippen molar-refractivity contribution >= 4 is 11.9 Å². The number of esters is 2. The van der Waals surface area contributed by atoms with Gasteiger partial charge in [-0.15, -0.1) is 0 Å². The SMILES string of the molecule is CC(C)COC(=O)CCCCNCCOCCOCCNCCCC(=O)OCC(C)C. The molecule has 0 aromatic rings. The average molecular weight is 447 g/mol. The second-order valence-electron chi connectivity index (χ2n) is 8.44. The summed E-state index contributed by atoms with van der Waals surface area (Å²) in [5.74, 6) is 0.535. The molecule has 0 atom stereocenters. The zero-order chi connectivity index (χ0) is 23.2. The van der Waals surface area contributed by atoms with Crippen LogP contribution in [0.25, 0.3) is 0 Å². The van der Waals surface area contributed by atoms with Crippen LogP contribution in [0.15, 0.2) is 0 Å². The monoisotopic (exact) mass is 446 g/mol. The molecule has 0 fully saturated rings. The summed E-state index contributed by atoms with van der Waals surface area (Å²) in [6.45, 7) is 14.7. The van der Waals surface area contributed by atoms with E-state index < -0.39 is 0 Å². The Labute approximate surface area is 189 Å². The highest BCUT2D eigenvalue weighted by Crippen LogP contribution is 2.00. The third kappa shape index (κ3) is 24.9. The number of hydrogen-bond acceptors (Lipinski definition) is 8. The first-order chi connectivity index (χ1) is 14.9. The highest BCUT2D eigenvalue weighted by molar-refractivity contribution is 5.69. The number of hydrogen-bond donors (Lipinski definition) is 2. The lowest BCUT2D eigenvalue weighted by atomic mass is 10.2. The summed E-state index contributed by atoms with van der Waals surface area (Å²) in [4.78, 5) is 22.9. The Balaban J connectivity index is 3.17. The molecule has 31 heavy (non-hydrogen) atoms. The van der Waals surface area contributed by atoms with Crippen molar-refractivity contribution in [2.45, 2.75) is 59.8 Å². The number of carbonyl (C=O) groups excluding carboxylic acids is 2. The Morgan fingerprint density at radius 2 is 1.06 bits per heavy atom. The fourth-order valence-electron chi connectivity index (χ4n) is 2.40. The van der Waals surface area contributed by atoms with E-state index in [-0.39, 0.29) is 11.9 Å². The van der Waals surface area contributed by atoms with Crippen molar-refractivity contribution in [1.29, 1.82) is 0 Å². The predicted molar refractivity (Wildman–Crippen MR) is 122 cm³/mol. The maximum Gasteiger partial charge on any atom is 0.305 e. The van der Waals surface area contributed by atoms with Gasteiger partial charge < -0.3 is 29.6 Å². The first kappa shape index (κ1) is 29.8. The summed E-state index contributed by atoms with van der Waals surface area (Å²) in [6.07, 6.45) is 3.51. The number of unbranched alkanes of at least 4 members (excludes halogenated alkanes) is 1. The molecule has 0 unspecified atom stereocenters. The summed E-state index contributed by atoms with van der Waals surface area (Å²) >= 11 is 0. The lowest BCUT2D eigenvalue weighted by Gasteiger charge is -2.09. The highest BCUT2D eigenvalue weighted by Gasteiger charge is 2.04. The topological polar surface area (TPSA) is 95.1 Å². The van der Waals surface area contributed by atoms with Gasteiger partial charge in [0.25, 0.3) is 0 Å². The zero-order valence-electron chi connectivity index (χ0n) is 20.2. The van der Waals surface area contributed by atoms with Crippen molar-refractivity contribution in [2.75, 3.05) is 65.8 Å². The molecular weight excluding hydrogens is 400 g/mol. The molecule has 0 saturated heterocycles. The average Bonchev–Trinajstić information content (AvgIpc) is 2.72. The molecule has 0 aromatic carbocycles. The second kappa shape index (κ2) is 22.0. The van der Waals surface area contributed by atoms with Gasteiger partial charge in [0, 0.05) is 25.9 Å². The smallest absolute Gasteiger partial charge is 0.305 e. The molecule has 0 spiro atoms. The fourth-order valence-corrected chi connectivity index (χ4v) is 2.40. The normalized spacial score (nSPS) is 11.3. The van der Waals surface area contributed by atoms with Gasteiger partial charge in [0.05, 0.1) is 39.6 Å². The minimum absolute atomic E-state index is 0.103. The molecule has 0 saturated carbocycles. The van der Waals surface area contributed by atoms with E-state index in [1.807, 2.05) is 27.7 Å². The molecule has 0 radical (unpaired) electrons. The van der Waals surface area contributed by atoms with Gasteiger partial charge >= 0.3 is 11.9 Å². The van der Waals surface area contributed by atoms with Crippen molar-refractivity contribution in [3.8, 4) is 0 Å². The molecule has 0 rings (SSSR count). The number of rotatable bonds is 22. The van der Waals surface area contributed by atoms with Crippen molar-refractivity contribution in [3.63, 3.8) is 0 Å². The van der Waals surface area contributed by atoms with Crippen molar-refractivity contribution in [2.24, 2.45) is 11.8 Å². The lowest BCUT2D eigenvalue weighted by molar-refractivity contribution is -0.145. The summed E-state index contributed by atoms with van der Waals surface area (Å²) < 4.78 is 21.3. The van der Waals surface area contributed by atoms with Crippen LogP contribution in [-0.2, 0) is 28.5 Å². The van der Waals surface area contributed by atoms with Crippen LogP contribution >= 0.6 is 0 Å². The lowest BCUT2D eigenvalue weighted by Crippen LogP contribution is -2.23. The minimum atomic E-state index is -0.125. The van der Waals surface area contributed by atoms with Crippen LogP contribution in [0.5, 0.6) is 0 Å². The van der Waals surface area contributed by atoms with Crippen LogP contribution in [0.1, 0.15) is 59.8 Å². The molecule has 2 N–H and O–H groups in total. The molecule has 0 amide bonds. The molecule has 0 aliphatic heterocycles. The molecule has 0 aliphatic rings. The highest BCUT2D eigenvalue weighted by atomic mass is 16.5.